The maximum absolute atomic E-state index is 12.8. The fourth-order valence-corrected chi connectivity index (χ4v) is 3.48. The fourth-order valence-electron chi connectivity index (χ4n) is 3.48. The van der Waals surface area contributed by atoms with E-state index >= 15 is 0 Å². The molecule has 0 aromatic heterocycles. The molecule has 0 spiro atoms. The molecule has 20 heavy (non-hydrogen) atoms. The monoisotopic (exact) mass is 273 g/mol. The minimum absolute atomic E-state index is 0.115. The van der Waals surface area contributed by atoms with Gasteiger partial charge >= 0.3 is 0 Å². The molecule has 2 aliphatic heterocycles. The number of carbonyl (C=O) groups is 1. The smallest absolute Gasteiger partial charge is 0.245 e. The van der Waals surface area contributed by atoms with Crippen LogP contribution in [0.3, 0.4) is 0 Å². The summed E-state index contributed by atoms with van der Waals surface area (Å²) in [5.41, 5.74) is 1.07. The topological polar surface area (TPSA) is 35.6 Å². The highest BCUT2D eigenvalue weighted by Gasteiger charge is 2.41. The number of benzene rings is 1. The van der Waals surface area contributed by atoms with Gasteiger partial charge in [0.2, 0.25) is 5.91 Å². The first-order valence-corrected chi connectivity index (χ1v) is 7.48. The number of rotatable bonds is 2. The maximum atomic E-state index is 12.8. The molecular formula is C16H23N3O. The average molecular weight is 273 g/mol. The minimum atomic E-state index is -0.182. The van der Waals surface area contributed by atoms with E-state index in [9.17, 15) is 4.79 Å². The molecule has 1 amide bonds. The second-order valence-electron chi connectivity index (χ2n) is 5.99. The Bertz CT molecular complexity index is 476. The van der Waals surface area contributed by atoms with Gasteiger partial charge < -0.3 is 9.80 Å². The lowest BCUT2D eigenvalue weighted by molar-refractivity contribution is -0.133. The van der Waals surface area contributed by atoms with Crippen molar-refractivity contribution < 1.29 is 4.79 Å². The average Bonchev–Trinajstić information content (AvgIpc) is 2.75. The second-order valence-corrected chi connectivity index (χ2v) is 5.99. The van der Waals surface area contributed by atoms with E-state index in [4.69, 9.17) is 0 Å². The predicted octanol–water partition coefficient (Wildman–Crippen LogP) is 1.60. The number of nitrogens with zero attached hydrogens (tertiary/aromatic N) is 2. The Kier molecular flexibility index (Phi) is 3.76. The number of hydrogen-bond donors (Lipinski definition) is 1. The SMILES string of the molecule is CC1NC(c2ccccc2)C(=O)N1C1CCCN(C)C1. The standard InChI is InChI=1S/C16H23N3O/c1-12-17-15(13-7-4-3-5-8-13)16(20)19(12)14-9-6-10-18(2)11-14/h3-5,7-8,12,14-15,17H,6,9-11H2,1-2H3. The van der Waals surface area contributed by atoms with Gasteiger partial charge in [-0.25, -0.2) is 0 Å². The molecule has 2 aliphatic rings. The fraction of sp³-hybridized carbons (Fsp3) is 0.562. The van der Waals surface area contributed by atoms with Crippen molar-refractivity contribution in [3.8, 4) is 0 Å². The molecule has 2 saturated heterocycles. The molecule has 0 saturated carbocycles. The number of piperidine rings is 1. The maximum Gasteiger partial charge on any atom is 0.245 e. The van der Waals surface area contributed by atoms with E-state index in [2.05, 4.69) is 29.1 Å². The highest BCUT2D eigenvalue weighted by atomic mass is 16.2. The molecule has 3 atom stereocenters. The van der Waals surface area contributed by atoms with Gasteiger partial charge in [-0.05, 0) is 38.9 Å². The van der Waals surface area contributed by atoms with Gasteiger partial charge in [0, 0.05) is 12.6 Å². The largest absolute Gasteiger partial charge is 0.322 e. The van der Waals surface area contributed by atoms with E-state index in [1.165, 1.54) is 6.42 Å². The molecule has 1 aromatic rings. The third kappa shape index (κ3) is 2.45. The van der Waals surface area contributed by atoms with E-state index < -0.39 is 0 Å². The molecule has 2 fully saturated rings. The summed E-state index contributed by atoms with van der Waals surface area (Å²) in [6.45, 7) is 4.22. The summed E-state index contributed by atoms with van der Waals surface area (Å²) in [4.78, 5) is 17.2. The third-order valence-electron chi connectivity index (χ3n) is 4.45. The van der Waals surface area contributed by atoms with Crippen LogP contribution in [0.25, 0.3) is 0 Å². The van der Waals surface area contributed by atoms with Gasteiger partial charge in [-0.1, -0.05) is 30.3 Å². The summed E-state index contributed by atoms with van der Waals surface area (Å²) in [5, 5.41) is 3.44. The number of likely N-dealkylation sites (N-methyl/N-ethyl adjacent to an activating group) is 1. The summed E-state index contributed by atoms with van der Waals surface area (Å²) in [5.74, 6) is 0.226. The van der Waals surface area contributed by atoms with E-state index in [1.807, 2.05) is 30.3 Å². The first kappa shape index (κ1) is 13.6. The quantitative estimate of drug-likeness (QED) is 0.889. The zero-order valence-electron chi connectivity index (χ0n) is 12.2. The van der Waals surface area contributed by atoms with Gasteiger partial charge in [0.25, 0.3) is 0 Å². The number of carbonyl (C=O) groups excluding carboxylic acids is 1. The zero-order valence-corrected chi connectivity index (χ0v) is 12.2. The van der Waals surface area contributed by atoms with Crippen molar-refractivity contribution in [2.75, 3.05) is 20.1 Å². The molecule has 108 valence electrons. The van der Waals surface area contributed by atoms with E-state index in [0.717, 1.165) is 25.1 Å². The first-order valence-electron chi connectivity index (χ1n) is 7.48. The van der Waals surface area contributed by atoms with Gasteiger partial charge in [0.05, 0.1) is 6.17 Å². The van der Waals surface area contributed by atoms with Crippen LogP contribution in [0.2, 0.25) is 0 Å². The van der Waals surface area contributed by atoms with E-state index in [1.54, 1.807) is 0 Å². The Balaban J connectivity index is 1.78. The highest BCUT2D eigenvalue weighted by Crippen LogP contribution is 2.28. The molecule has 2 heterocycles. The summed E-state index contributed by atoms with van der Waals surface area (Å²) >= 11 is 0. The normalized spacial score (nSPS) is 31.8. The molecule has 3 unspecified atom stereocenters. The van der Waals surface area contributed by atoms with Gasteiger partial charge in [-0.15, -0.1) is 0 Å². The minimum Gasteiger partial charge on any atom is -0.322 e. The van der Waals surface area contributed by atoms with Crippen molar-refractivity contribution in [1.82, 2.24) is 15.1 Å². The van der Waals surface area contributed by atoms with Crippen LogP contribution in [0.1, 0.15) is 31.4 Å². The Morgan fingerprint density at radius 2 is 2.00 bits per heavy atom. The van der Waals surface area contributed by atoms with Gasteiger partial charge in [0.15, 0.2) is 0 Å². The third-order valence-corrected chi connectivity index (χ3v) is 4.45. The summed E-state index contributed by atoms with van der Waals surface area (Å²) in [7, 11) is 2.14. The molecule has 0 radical (unpaired) electrons. The lowest BCUT2D eigenvalue weighted by Crippen LogP contribution is -2.50. The summed E-state index contributed by atoms with van der Waals surface area (Å²) in [6, 6.07) is 10.2. The summed E-state index contributed by atoms with van der Waals surface area (Å²) in [6.07, 6.45) is 2.40. The van der Waals surface area contributed by atoms with Crippen LogP contribution < -0.4 is 5.32 Å². The van der Waals surface area contributed by atoms with Crippen LogP contribution in [-0.4, -0.2) is 48.1 Å². The number of likely N-dealkylation sites (tertiary alicyclic amines) is 1. The first-order chi connectivity index (χ1) is 9.66. The van der Waals surface area contributed by atoms with Crippen molar-refractivity contribution in [2.24, 2.45) is 0 Å². The summed E-state index contributed by atoms with van der Waals surface area (Å²) < 4.78 is 0. The van der Waals surface area contributed by atoms with Gasteiger partial charge in [0.1, 0.15) is 6.04 Å². The molecule has 3 rings (SSSR count). The molecule has 0 bridgehead atoms. The number of nitrogens with one attached hydrogen (secondary N) is 1. The van der Waals surface area contributed by atoms with Gasteiger partial charge in [-0.3, -0.25) is 10.1 Å². The molecule has 1 N–H and O–H groups in total. The second kappa shape index (κ2) is 5.54. The van der Waals surface area contributed by atoms with Crippen LogP contribution in [0.4, 0.5) is 0 Å². The Morgan fingerprint density at radius 1 is 1.25 bits per heavy atom. The van der Waals surface area contributed by atoms with Crippen molar-refractivity contribution in [3.63, 3.8) is 0 Å². The molecule has 4 heteroatoms. The van der Waals surface area contributed by atoms with Crippen LogP contribution >= 0.6 is 0 Å². The molecule has 1 aromatic carbocycles. The van der Waals surface area contributed by atoms with Crippen molar-refractivity contribution in [1.29, 1.82) is 0 Å². The molecule has 0 aliphatic carbocycles. The number of hydrogen-bond acceptors (Lipinski definition) is 3. The van der Waals surface area contributed by atoms with Crippen molar-refractivity contribution >= 4 is 5.91 Å². The van der Waals surface area contributed by atoms with E-state index in [0.29, 0.717) is 6.04 Å². The van der Waals surface area contributed by atoms with Gasteiger partial charge in [-0.2, -0.15) is 0 Å². The number of amides is 1. The molecular weight excluding hydrogens is 250 g/mol. The van der Waals surface area contributed by atoms with Crippen molar-refractivity contribution in [2.45, 2.75) is 38.0 Å². The Labute approximate surface area is 120 Å². The van der Waals surface area contributed by atoms with Crippen molar-refractivity contribution in [3.05, 3.63) is 35.9 Å². The van der Waals surface area contributed by atoms with Crippen LogP contribution in [-0.2, 0) is 4.79 Å². The highest BCUT2D eigenvalue weighted by molar-refractivity contribution is 5.86. The predicted molar refractivity (Wildman–Crippen MR) is 79.1 cm³/mol. The van der Waals surface area contributed by atoms with Crippen LogP contribution in [0.15, 0.2) is 30.3 Å². The Hall–Kier alpha value is -1.39. The molecule has 4 nitrogen and oxygen atoms in total. The Morgan fingerprint density at radius 3 is 2.70 bits per heavy atom. The lowest BCUT2D eigenvalue weighted by Gasteiger charge is -2.37. The van der Waals surface area contributed by atoms with Crippen LogP contribution in [0, 0.1) is 0 Å². The zero-order chi connectivity index (χ0) is 14.1. The van der Waals surface area contributed by atoms with E-state index in [-0.39, 0.29) is 18.1 Å². The lowest BCUT2D eigenvalue weighted by atomic mass is 10.0. The van der Waals surface area contributed by atoms with Crippen LogP contribution in [0.5, 0.6) is 0 Å².